The number of hydrogen-bond acceptors (Lipinski definition) is 6. The van der Waals surface area contributed by atoms with Crippen LogP contribution in [0.3, 0.4) is 0 Å². The smallest absolute Gasteiger partial charge is 0.305 e. The van der Waals surface area contributed by atoms with Crippen LogP contribution in [0.5, 0.6) is 0 Å². The summed E-state index contributed by atoms with van der Waals surface area (Å²) in [5.74, 6) is 0. The molecule has 24 heavy (non-hydrogen) atoms. The number of aromatic nitrogens is 2. The Balaban J connectivity index is 2.28. The normalized spacial score (nSPS) is 16.2. The number of hydrogen-bond donors (Lipinski definition) is 1. The van der Waals surface area contributed by atoms with Gasteiger partial charge >= 0.3 is 11.1 Å². The van der Waals surface area contributed by atoms with E-state index in [1.54, 1.807) is 6.92 Å². The second-order valence-electron chi connectivity index (χ2n) is 6.04. The highest BCUT2D eigenvalue weighted by molar-refractivity contribution is 7.89. The zero-order valence-electron chi connectivity index (χ0n) is 12.8. The highest BCUT2D eigenvalue weighted by Gasteiger charge is 2.41. The van der Waals surface area contributed by atoms with Crippen molar-refractivity contribution in [2.24, 2.45) is 7.05 Å². The lowest BCUT2D eigenvalue weighted by Crippen LogP contribution is -2.43. The maximum atomic E-state index is 12.4. The molecule has 0 unspecified atom stereocenters. The maximum absolute atomic E-state index is 12.4. The van der Waals surface area contributed by atoms with Gasteiger partial charge in [-0.25, -0.2) is 23.3 Å². The molecule has 1 aromatic heterocycles. The molecule has 1 saturated carbocycles. The number of fused-ring (bicyclic) bond motifs is 1. The minimum Gasteiger partial charge on any atom is -0.305 e. The van der Waals surface area contributed by atoms with Gasteiger partial charge in [0.05, 0.1) is 10.4 Å². The van der Waals surface area contributed by atoms with Crippen LogP contribution in [-0.2, 0) is 17.1 Å². The fourth-order valence-corrected chi connectivity index (χ4v) is 3.89. The fourth-order valence-electron chi connectivity index (χ4n) is 2.41. The van der Waals surface area contributed by atoms with Crippen LogP contribution < -0.4 is 15.8 Å². The summed E-state index contributed by atoms with van der Waals surface area (Å²) in [5.41, 5.74) is -3.10. The molecular weight excluding hydrogens is 340 g/mol. The van der Waals surface area contributed by atoms with Crippen molar-refractivity contribution < 1.29 is 13.5 Å². The van der Waals surface area contributed by atoms with Crippen LogP contribution in [0.4, 0.5) is 0 Å². The lowest BCUT2D eigenvalue weighted by molar-refractivity contribution is -0.540. The second-order valence-corrected chi connectivity index (χ2v) is 7.72. The van der Waals surface area contributed by atoms with Crippen LogP contribution in [-0.4, -0.2) is 28.2 Å². The number of aryl methyl sites for hydroxylation is 1. The molecule has 0 bridgehead atoms. The summed E-state index contributed by atoms with van der Waals surface area (Å²) in [5, 5.41) is 10.1. The molecule has 0 aliphatic heterocycles. The van der Waals surface area contributed by atoms with Crippen LogP contribution >= 0.6 is 0 Å². The van der Waals surface area contributed by atoms with E-state index in [2.05, 4.69) is 4.72 Å². The predicted molar refractivity (Wildman–Crippen MR) is 83.8 cm³/mol. The molecule has 1 aromatic carbocycles. The van der Waals surface area contributed by atoms with Gasteiger partial charge in [0.2, 0.25) is 10.0 Å². The first-order chi connectivity index (χ1) is 11.1. The van der Waals surface area contributed by atoms with Crippen molar-refractivity contribution in [3.05, 3.63) is 49.0 Å². The van der Waals surface area contributed by atoms with Crippen LogP contribution in [0.25, 0.3) is 11.0 Å². The molecule has 1 heterocycles. The zero-order valence-corrected chi connectivity index (χ0v) is 13.7. The predicted octanol–water partition coefficient (Wildman–Crippen LogP) is -0.429. The molecule has 1 aliphatic rings. The minimum absolute atomic E-state index is 0.0277. The zero-order chi connectivity index (χ0) is 17.9. The SMILES string of the molecule is Cn1c(=O)c(=O)n([N+](=O)[O-])c2ccc(S(=O)(=O)NC3(C)CC3)cc21. The van der Waals surface area contributed by atoms with Gasteiger partial charge < -0.3 is 4.57 Å². The largest absolute Gasteiger partial charge is 0.377 e. The Kier molecular flexibility index (Phi) is 3.39. The number of nitro groups is 1. The van der Waals surface area contributed by atoms with Crippen molar-refractivity contribution in [3.63, 3.8) is 0 Å². The average molecular weight is 354 g/mol. The summed E-state index contributed by atoms with van der Waals surface area (Å²) in [6.45, 7) is 1.77. The Labute approximate surface area is 135 Å². The Morgan fingerprint density at radius 1 is 1.21 bits per heavy atom. The molecule has 11 heteroatoms. The number of rotatable bonds is 4. The van der Waals surface area contributed by atoms with Crippen LogP contribution in [0.2, 0.25) is 0 Å². The topological polar surface area (TPSA) is 133 Å². The number of sulfonamides is 1. The maximum Gasteiger partial charge on any atom is 0.377 e. The van der Waals surface area contributed by atoms with Crippen molar-refractivity contribution in [2.45, 2.75) is 30.2 Å². The summed E-state index contributed by atoms with van der Waals surface area (Å²) >= 11 is 0. The van der Waals surface area contributed by atoms with Gasteiger partial charge in [0.15, 0.2) is 5.03 Å². The molecule has 1 aliphatic carbocycles. The first-order valence-electron chi connectivity index (χ1n) is 7.00. The van der Waals surface area contributed by atoms with Crippen molar-refractivity contribution in [3.8, 4) is 0 Å². The van der Waals surface area contributed by atoms with E-state index in [0.29, 0.717) is 0 Å². The van der Waals surface area contributed by atoms with E-state index >= 15 is 0 Å². The van der Waals surface area contributed by atoms with E-state index in [0.717, 1.165) is 29.5 Å². The Morgan fingerprint density at radius 2 is 1.83 bits per heavy atom. The van der Waals surface area contributed by atoms with Crippen molar-refractivity contribution >= 4 is 21.1 Å². The van der Waals surface area contributed by atoms with Gasteiger partial charge in [0.1, 0.15) is 5.52 Å². The van der Waals surface area contributed by atoms with Gasteiger partial charge in [0.25, 0.3) is 0 Å². The van der Waals surface area contributed by atoms with Gasteiger partial charge in [-0.2, -0.15) is 0 Å². The van der Waals surface area contributed by atoms with E-state index in [1.165, 1.54) is 13.1 Å². The van der Waals surface area contributed by atoms with Gasteiger partial charge in [-0.3, -0.25) is 9.59 Å². The number of nitrogens with zero attached hydrogens (tertiary/aromatic N) is 3. The molecular formula is C13H14N4O6S. The molecule has 0 atom stereocenters. The minimum atomic E-state index is -3.84. The molecule has 0 radical (unpaired) electrons. The first-order valence-corrected chi connectivity index (χ1v) is 8.48. The quantitative estimate of drug-likeness (QED) is 0.450. The lowest BCUT2D eigenvalue weighted by Gasteiger charge is -2.13. The van der Waals surface area contributed by atoms with E-state index in [-0.39, 0.29) is 20.6 Å². The molecule has 0 spiro atoms. The van der Waals surface area contributed by atoms with E-state index in [9.17, 15) is 28.1 Å². The van der Waals surface area contributed by atoms with E-state index < -0.39 is 31.7 Å². The summed E-state index contributed by atoms with van der Waals surface area (Å²) in [6, 6.07) is 3.45. The monoisotopic (exact) mass is 354 g/mol. The molecule has 10 nitrogen and oxygen atoms in total. The Morgan fingerprint density at radius 3 is 2.38 bits per heavy atom. The fraction of sp³-hybridized carbons (Fsp3) is 0.385. The second kappa shape index (κ2) is 4.98. The standard InChI is InChI=1S/C13H14N4O6S/c1-13(5-6-13)14-24(22,23)8-3-4-9-10(7-8)15(2)11(18)12(19)16(9)17(20)21/h3-4,7,14H,5-6H2,1-2H3. The van der Waals surface area contributed by atoms with Crippen molar-refractivity contribution in [1.29, 1.82) is 0 Å². The van der Waals surface area contributed by atoms with E-state index in [1.807, 2.05) is 0 Å². The molecule has 3 rings (SSSR count). The van der Waals surface area contributed by atoms with Gasteiger partial charge in [-0.1, -0.05) is 0 Å². The Hall–Kier alpha value is -2.53. The molecule has 1 fully saturated rings. The third-order valence-electron chi connectivity index (χ3n) is 4.07. The molecule has 2 aromatic rings. The summed E-state index contributed by atoms with van der Waals surface area (Å²) in [4.78, 5) is 34.6. The van der Waals surface area contributed by atoms with Crippen LogP contribution in [0.15, 0.2) is 32.7 Å². The van der Waals surface area contributed by atoms with Crippen molar-refractivity contribution in [1.82, 2.24) is 14.0 Å². The highest BCUT2D eigenvalue weighted by Crippen LogP contribution is 2.36. The third-order valence-corrected chi connectivity index (χ3v) is 5.71. The van der Waals surface area contributed by atoms with Crippen LogP contribution in [0.1, 0.15) is 19.8 Å². The molecule has 1 N–H and O–H groups in total. The Bertz CT molecular complexity index is 1090. The summed E-state index contributed by atoms with van der Waals surface area (Å²) in [6.07, 6.45) is 1.44. The lowest BCUT2D eigenvalue weighted by atomic mass is 10.3. The number of nitrogens with one attached hydrogen (secondary N) is 1. The molecule has 0 amide bonds. The van der Waals surface area contributed by atoms with Gasteiger partial charge in [-0.05, 0) is 42.6 Å². The van der Waals surface area contributed by atoms with E-state index in [4.69, 9.17) is 0 Å². The van der Waals surface area contributed by atoms with Gasteiger partial charge in [-0.15, -0.1) is 0 Å². The molecule has 128 valence electrons. The molecule has 0 saturated heterocycles. The van der Waals surface area contributed by atoms with Crippen molar-refractivity contribution in [2.75, 3.05) is 0 Å². The third kappa shape index (κ3) is 2.51. The highest BCUT2D eigenvalue weighted by atomic mass is 32.2. The number of benzene rings is 1. The first kappa shape index (κ1) is 16.3. The average Bonchev–Trinajstić information content (AvgIpc) is 3.20. The van der Waals surface area contributed by atoms with Crippen LogP contribution in [0, 0.1) is 10.1 Å². The van der Waals surface area contributed by atoms with Gasteiger partial charge in [0, 0.05) is 12.6 Å². The summed E-state index contributed by atoms with van der Waals surface area (Å²) in [7, 11) is -2.59. The summed E-state index contributed by atoms with van der Waals surface area (Å²) < 4.78 is 28.4.